The Morgan fingerprint density at radius 3 is 1.92 bits per heavy atom. The molecule has 0 fully saturated rings. The number of phenolic OH excluding ortho intramolecular Hbond substituents is 1. The minimum Gasteiger partial charge on any atom is -0.716 e. The second kappa shape index (κ2) is 17.1. The van der Waals surface area contributed by atoms with Crippen LogP contribution in [0, 0.1) is 6.07 Å². The van der Waals surface area contributed by atoms with Crippen LogP contribution in [0.1, 0.15) is 127 Å². The van der Waals surface area contributed by atoms with Crippen molar-refractivity contribution < 1.29 is 26.2 Å². The van der Waals surface area contributed by atoms with Crippen LogP contribution < -0.4 is 4.90 Å². The molecule has 2 aliphatic rings. The first-order chi connectivity index (χ1) is 28.9. The molecule has 0 amide bonds. The number of para-hydroxylation sites is 1. The fourth-order valence-electron chi connectivity index (χ4n) is 8.48. The third kappa shape index (κ3) is 8.82. The van der Waals surface area contributed by atoms with Crippen LogP contribution in [0.5, 0.6) is 5.75 Å². The van der Waals surface area contributed by atoms with E-state index in [0.717, 1.165) is 61.7 Å². The van der Waals surface area contributed by atoms with Gasteiger partial charge in [0.05, 0.1) is 0 Å². The smallest absolute Gasteiger partial charge is 0.123 e. The van der Waals surface area contributed by atoms with Crippen molar-refractivity contribution >= 4 is 28.3 Å². The SMILES string of the molecule is CC(C)c1cc(C2[N-]c3c(-c4[c-]c(C5=CC(c6ccccc6)=CC[N-]5)cc(C(C)(C)C)c4)cccc3N2c2ccc(C(C)(C)C)cc2-c2ccccc2)c(O)c(C(C)(C)C)c1.[Pt]. The number of hydrogen-bond acceptors (Lipinski definition) is 2. The van der Waals surface area contributed by atoms with E-state index in [1.807, 2.05) is 0 Å². The summed E-state index contributed by atoms with van der Waals surface area (Å²) in [6.45, 7) is 25.2. The van der Waals surface area contributed by atoms with Crippen LogP contribution in [0.4, 0.5) is 17.1 Å². The molecule has 0 bridgehead atoms. The predicted molar refractivity (Wildman–Crippen MR) is 259 cm³/mol. The van der Waals surface area contributed by atoms with Crippen molar-refractivity contribution in [1.82, 2.24) is 0 Å². The Labute approximate surface area is 385 Å². The third-order valence-electron chi connectivity index (χ3n) is 12.2. The van der Waals surface area contributed by atoms with E-state index < -0.39 is 6.17 Å². The van der Waals surface area contributed by atoms with Crippen molar-refractivity contribution in [3.63, 3.8) is 0 Å². The Morgan fingerprint density at radius 2 is 1.29 bits per heavy atom. The van der Waals surface area contributed by atoms with E-state index in [2.05, 4.69) is 221 Å². The maximum absolute atomic E-state index is 12.5. The fourth-order valence-corrected chi connectivity index (χ4v) is 8.48. The summed E-state index contributed by atoms with van der Waals surface area (Å²) in [6.07, 6.45) is 3.85. The van der Waals surface area contributed by atoms with Crippen LogP contribution >= 0.6 is 0 Å². The van der Waals surface area contributed by atoms with Gasteiger partial charge in [0.2, 0.25) is 0 Å². The van der Waals surface area contributed by atoms with E-state index in [9.17, 15) is 5.11 Å². The molecule has 322 valence electrons. The van der Waals surface area contributed by atoms with E-state index in [-0.39, 0.29) is 43.2 Å². The minimum atomic E-state index is -0.543. The van der Waals surface area contributed by atoms with Gasteiger partial charge in [-0.25, -0.2) is 5.70 Å². The van der Waals surface area contributed by atoms with Crippen LogP contribution in [-0.2, 0) is 37.3 Å². The summed E-state index contributed by atoms with van der Waals surface area (Å²) in [6, 6.07) is 47.4. The van der Waals surface area contributed by atoms with Crippen molar-refractivity contribution in [2.45, 2.75) is 104 Å². The summed E-state index contributed by atoms with van der Waals surface area (Å²) in [5.41, 5.74) is 16.2. The number of fused-ring (bicyclic) bond motifs is 1. The van der Waals surface area contributed by atoms with E-state index in [0.29, 0.717) is 12.3 Å². The van der Waals surface area contributed by atoms with E-state index in [1.165, 1.54) is 27.8 Å². The second-order valence-electron chi connectivity index (χ2n) is 20.1. The van der Waals surface area contributed by atoms with Gasteiger partial charge >= 0.3 is 0 Å². The van der Waals surface area contributed by atoms with E-state index in [1.54, 1.807) is 0 Å². The molecule has 8 rings (SSSR count). The number of allylic oxidation sites excluding steroid dienone is 2. The first-order valence-electron chi connectivity index (χ1n) is 21.8. The Morgan fingerprint density at radius 1 is 0.645 bits per heavy atom. The standard InChI is InChI=1S/C57H60N3O.Pt/c1-36(2)40-32-47(53(61)48(33-40)57(9,10)11)54-59-52-45(23-18-24-51(52)60(54)50-26-25-43(55(3,4)5)35-46(50)38-21-16-13-17-22-38)41-29-42(31-44(30-41)56(6,7)8)49-34-39(27-28-58-49)37-19-14-12-15-20-37;/h12-27,30-36,54,61H,28H2,1-11H3;/q-3;. The quantitative estimate of drug-likeness (QED) is 0.162. The summed E-state index contributed by atoms with van der Waals surface area (Å²) in [5.74, 6) is 0.554. The third-order valence-corrected chi connectivity index (χ3v) is 12.2. The average Bonchev–Trinajstić information content (AvgIpc) is 3.62. The van der Waals surface area contributed by atoms with Gasteiger partial charge in [0, 0.05) is 38.0 Å². The van der Waals surface area contributed by atoms with Gasteiger partial charge in [-0.3, -0.25) is 0 Å². The summed E-state index contributed by atoms with van der Waals surface area (Å²) in [7, 11) is 0. The number of phenols is 1. The van der Waals surface area contributed by atoms with Gasteiger partial charge in [-0.05, 0) is 85.5 Å². The maximum Gasteiger partial charge on any atom is 0.123 e. The van der Waals surface area contributed by atoms with Crippen molar-refractivity contribution in [3.05, 3.63) is 189 Å². The molecular formula is C57H60N3OPt-3. The normalized spacial score (nSPS) is 15.3. The predicted octanol–water partition coefficient (Wildman–Crippen LogP) is 16.2. The molecule has 6 aromatic carbocycles. The van der Waals surface area contributed by atoms with Gasteiger partial charge < -0.3 is 20.6 Å². The van der Waals surface area contributed by atoms with Crippen molar-refractivity contribution in [2.24, 2.45) is 0 Å². The molecule has 62 heavy (non-hydrogen) atoms. The first-order valence-corrected chi connectivity index (χ1v) is 21.8. The molecular weight excluding hydrogens is 938 g/mol. The molecule has 0 saturated heterocycles. The zero-order valence-electron chi connectivity index (χ0n) is 38.2. The molecule has 0 radical (unpaired) electrons. The monoisotopic (exact) mass is 997 g/mol. The molecule has 1 unspecified atom stereocenters. The molecule has 0 spiro atoms. The number of rotatable bonds is 7. The van der Waals surface area contributed by atoms with Gasteiger partial charge in [0.15, 0.2) is 0 Å². The topological polar surface area (TPSA) is 51.7 Å². The van der Waals surface area contributed by atoms with Crippen LogP contribution in [0.2, 0.25) is 0 Å². The van der Waals surface area contributed by atoms with Gasteiger partial charge in [-0.2, -0.15) is 0 Å². The number of aromatic hydroxyl groups is 1. The summed E-state index contributed by atoms with van der Waals surface area (Å²) in [4.78, 5) is 2.36. The van der Waals surface area contributed by atoms with Crippen molar-refractivity contribution in [2.75, 3.05) is 11.4 Å². The molecule has 1 atom stereocenters. The number of anilines is 2. The molecule has 5 heteroatoms. The average molecular weight is 998 g/mol. The Kier molecular flexibility index (Phi) is 12.3. The summed E-state index contributed by atoms with van der Waals surface area (Å²) in [5, 5.41) is 23.2. The Bertz CT molecular complexity index is 2650. The molecule has 4 nitrogen and oxygen atoms in total. The molecule has 0 aromatic heterocycles. The van der Waals surface area contributed by atoms with Gasteiger partial charge in [-0.1, -0.05) is 179 Å². The zero-order chi connectivity index (χ0) is 43.4. The second-order valence-corrected chi connectivity index (χ2v) is 20.1. The van der Waals surface area contributed by atoms with E-state index >= 15 is 0 Å². The largest absolute Gasteiger partial charge is 0.716 e. The molecule has 1 N–H and O–H groups in total. The number of nitrogens with zero attached hydrogens (tertiary/aromatic N) is 3. The number of hydrogen-bond donors (Lipinski definition) is 1. The van der Waals surface area contributed by atoms with Crippen LogP contribution in [0.3, 0.4) is 0 Å². The summed E-state index contributed by atoms with van der Waals surface area (Å²) >= 11 is 0. The van der Waals surface area contributed by atoms with E-state index in [4.69, 9.17) is 10.6 Å². The molecule has 6 aromatic rings. The number of benzene rings is 6. The van der Waals surface area contributed by atoms with Crippen LogP contribution in [0.25, 0.3) is 44.2 Å². The fraction of sp³-hybridized carbons (Fsp3) is 0.298. The molecule has 0 aliphatic carbocycles. The Hall–Kier alpha value is -5.31. The summed E-state index contributed by atoms with van der Waals surface area (Å²) < 4.78 is 0. The van der Waals surface area contributed by atoms with Gasteiger partial charge in [0.25, 0.3) is 0 Å². The molecule has 0 saturated carbocycles. The Balaban J connectivity index is 0.00000578. The minimum absolute atomic E-state index is 0. The van der Waals surface area contributed by atoms with Crippen molar-refractivity contribution in [1.29, 1.82) is 0 Å². The zero-order valence-corrected chi connectivity index (χ0v) is 40.4. The van der Waals surface area contributed by atoms with Gasteiger partial charge in [0.1, 0.15) is 5.75 Å². The van der Waals surface area contributed by atoms with Crippen LogP contribution in [-0.4, -0.2) is 11.7 Å². The van der Waals surface area contributed by atoms with Crippen LogP contribution in [0.15, 0.2) is 133 Å². The molecule has 2 heterocycles. The first kappa shape index (κ1) is 44.7. The van der Waals surface area contributed by atoms with Gasteiger partial charge in [-0.15, -0.1) is 53.2 Å². The molecule has 2 aliphatic heterocycles. The van der Waals surface area contributed by atoms with Crippen molar-refractivity contribution in [3.8, 4) is 28.0 Å². The maximum atomic E-state index is 12.5.